The third-order valence-electron chi connectivity index (χ3n) is 5.46. The molecule has 0 saturated carbocycles. The molecule has 30 heavy (non-hydrogen) atoms. The van der Waals surface area contributed by atoms with Gasteiger partial charge in [-0.3, -0.25) is 9.78 Å². The van der Waals surface area contributed by atoms with Crippen molar-refractivity contribution in [3.63, 3.8) is 0 Å². The lowest BCUT2D eigenvalue weighted by Crippen LogP contribution is -2.41. The lowest BCUT2D eigenvalue weighted by atomic mass is 9.94. The van der Waals surface area contributed by atoms with Gasteiger partial charge in [-0.05, 0) is 48.7 Å². The summed E-state index contributed by atoms with van der Waals surface area (Å²) >= 11 is 0. The predicted octanol–water partition coefficient (Wildman–Crippen LogP) is 4.60. The van der Waals surface area contributed by atoms with Crippen LogP contribution in [-0.2, 0) is 11.2 Å². The van der Waals surface area contributed by atoms with Crippen LogP contribution in [0.4, 0.5) is 4.39 Å². The molecule has 0 spiro atoms. The number of likely N-dealkylation sites (tertiary alicyclic amines) is 1. The summed E-state index contributed by atoms with van der Waals surface area (Å²) in [6.45, 7) is 1.41. The van der Waals surface area contributed by atoms with Gasteiger partial charge in [-0.2, -0.15) is 0 Å². The van der Waals surface area contributed by atoms with Crippen molar-refractivity contribution in [1.29, 1.82) is 0 Å². The van der Waals surface area contributed by atoms with Gasteiger partial charge < -0.3 is 9.64 Å². The van der Waals surface area contributed by atoms with Crippen molar-refractivity contribution in [2.24, 2.45) is 0 Å². The Balaban J connectivity index is 1.39. The van der Waals surface area contributed by atoms with E-state index in [0.29, 0.717) is 24.3 Å². The zero-order valence-corrected chi connectivity index (χ0v) is 16.8. The van der Waals surface area contributed by atoms with Crippen LogP contribution in [0, 0.1) is 5.82 Å². The van der Waals surface area contributed by atoms with Crippen LogP contribution < -0.4 is 4.74 Å². The number of halogens is 1. The number of amides is 1. The van der Waals surface area contributed by atoms with Crippen molar-refractivity contribution in [1.82, 2.24) is 9.88 Å². The maximum absolute atomic E-state index is 14.0. The maximum atomic E-state index is 14.0. The summed E-state index contributed by atoms with van der Waals surface area (Å²) < 4.78 is 19.6. The largest absolute Gasteiger partial charge is 0.484 e. The molecule has 1 aliphatic heterocycles. The first kappa shape index (κ1) is 20.1. The van der Waals surface area contributed by atoms with Gasteiger partial charge in [-0.15, -0.1) is 0 Å². The number of hydrogen-bond donors (Lipinski definition) is 0. The first-order valence-electron chi connectivity index (χ1n) is 10.3. The second-order valence-electron chi connectivity index (χ2n) is 7.60. The molecule has 2 heterocycles. The molecule has 1 atom stereocenters. The van der Waals surface area contributed by atoms with Crippen molar-refractivity contribution in [2.75, 3.05) is 19.7 Å². The quantitative estimate of drug-likeness (QED) is 0.603. The van der Waals surface area contributed by atoms with Crippen LogP contribution >= 0.6 is 0 Å². The Morgan fingerprint density at radius 3 is 2.67 bits per heavy atom. The number of ether oxygens (including phenoxy) is 1. The normalized spacial score (nSPS) is 16.3. The summed E-state index contributed by atoms with van der Waals surface area (Å²) in [5, 5.41) is 0. The van der Waals surface area contributed by atoms with E-state index in [0.717, 1.165) is 30.8 Å². The summed E-state index contributed by atoms with van der Waals surface area (Å²) in [7, 11) is 0. The number of aromatic nitrogens is 1. The molecule has 2 aromatic carbocycles. The van der Waals surface area contributed by atoms with Crippen LogP contribution in [0.2, 0.25) is 0 Å². The molecule has 1 aliphatic rings. The number of carbonyl (C=O) groups is 1. The summed E-state index contributed by atoms with van der Waals surface area (Å²) in [6.07, 6.45) is 2.38. The lowest BCUT2D eigenvalue weighted by molar-refractivity contribution is -0.134. The lowest BCUT2D eigenvalue weighted by Gasteiger charge is -2.32. The topological polar surface area (TPSA) is 42.4 Å². The predicted molar refractivity (Wildman–Crippen MR) is 114 cm³/mol. The Kier molecular flexibility index (Phi) is 6.38. The van der Waals surface area contributed by atoms with E-state index in [2.05, 4.69) is 0 Å². The minimum atomic E-state index is -0.211. The van der Waals surface area contributed by atoms with Crippen molar-refractivity contribution >= 4 is 5.91 Å². The van der Waals surface area contributed by atoms with Crippen LogP contribution in [0.15, 0.2) is 72.8 Å². The number of rotatable bonds is 6. The van der Waals surface area contributed by atoms with Gasteiger partial charge in [0.1, 0.15) is 11.6 Å². The van der Waals surface area contributed by atoms with Crippen LogP contribution in [-0.4, -0.2) is 35.5 Å². The van der Waals surface area contributed by atoms with E-state index >= 15 is 0 Å². The molecular formula is C25H25FN2O2. The van der Waals surface area contributed by atoms with Crippen molar-refractivity contribution in [3.05, 3.63) is 95.6 Å². The van der Waals surface area contributed by atoms with Gasteiger partial charge in [-0.25, -0.2) is 4.39 Å². The van der Waals surface area contributed by atoms with E-state index in [1.165, 1.54) is 6.07 Å². The molecule has 0 unspecified atom stereocenters. The Bertz CT molecular complexity index is 993. The number of hydrogen-bond acceptors (Lipinski definition) is 3. The highest BCUT2D eigenvalue weighted by molar-refractivity contribution is 5.78. The zero-order valence-electron chi connectivity index (χ0n) is 16.8. The first-order chi connectivity index (χ1) is 14.7. The second kappa shape index (κ2) is 9.53. The fourth-order valence-corrected chi connectivity index (χ4v) is 3.86. The number of para-hydroxylation sites is 1. The SMILES string of the molecule is O=C(COc1ccccc1)N1CCC[C@H](c2cccc(Cc3ccccc3F)n2)C1. The molecule has 0 bridgehead atoms. The van der Waals surface area contributed by atoms with Crippen molar-refractivity contribution in [2.45, 2.75) is 25.2 Å². The first-order valence-corrected chi connectivity index (χ1v) is 10.3. The summed E-state index contributed by atoms with van der Waals surface area (Å²) in [6, 6.07) is 22.1. The summed E-state index contributed by atoms with van der Waals surface area (Å²) in [4.78, 5) is 19.3. The van der Waals surface area contributed by atoms with E-state index in [1.807, 2.05) is 59.5 Å². The molecule has 4 nitrogen and oxygen atoms in total. The van der Waals surface area contributed by atoms with Gasteiger partial charge in [0.25, 0.3) is 5.91 Å². The van der Waals surface area contributed by atoms with Gasteiger partial charge in [0.05, 0.1) is 0 Å². The minimum absolute atomic E-state index is 0.00827. The molecule has 1 amide bonds. The highest BCUT2D eigenvalue weighted by atomic mass is 19.1. The highest BCUT2D eigenvalue weighted by Crippen LogP contribution is 2.26. The molecule has 0 aliphatic carbocycles. The van der Waals surface area contributed by atoms with Gasteiger partial charge in [0.15, 0.2) is 6.61 Å². The molecule has 1 aromatic heterocycles. The Hall–Kier alpha value is -3.21. The smallest absolute Gasteiger partial charge is 0.260 e. The van der Waals surface area contributed by atoms with E-state index in [4.69, 9.17) is 9.72 Å². The summed E-state index contributed by atoms with van der Waals surface area (Å²) in [5.41, 5.74) is 2.44. The van der Waals surface area contributed by atoms with Gasteiger partial charge in [-0.1, -0.05) is 42.5 Å². The van der Waals surface area contributed by atoms with Gasteiger partial charge >= 0.3 is 0 Å². The molecule has 5 heteroatoms. The Morgan fingerprint density at radius 1 is 1.03 bits per heavy atom. The zero-order chi connectivity index (χ0) is 20.8. The van der Waals surface area contributed by atoms with Gasteiger partial charge in [0, 0.05) is 36.8 Å². The second-order valence-corrected chi connectivity index (χ2v) is 7.60. The average Bonchev–Trinajstić information content (AvgIpc) is 2.80. The highest BCUT2D eigenvalue weighted by Gasteiger charge is 2.26. The molecule has 1 saturated heterocycles. The van der Waals surface area contributed by atoms with E-state index in [9.17, 15) is 9.18 Å². The molecule has 154 valence electrons. The van der Waals surface area contributed by atoms with Crippen molar-refractivity contribution < 1.29 is 13.9 Å². The standard InChI is InChI=1S/C25H25FN2O2/c26-23-13-5-4-8-19(23)16-21-10-6-14-24(27-21)20-9-7-15-28(17-20)25(29)18-30-22-11-2-1-3-12-22/h1-6,8,10-14,20H,7,9,15-18H2/t20-/m0/s1. The number of carbonyl (C=O) groups excluding carboxylic acids is 1. The van der Waals surface area contributed by atoms with Crippen LogP contribution in [0.25, 0.3) is 0 Å². The monoisotopic (exact) mass is 404 g/mol. The fraction of sp³-hybridized carbons (Fsp3) is 0.280. The Morgan fingerprint density at radius 2 is 1.83 bits per heavy atom. The molecule has 0 radical (unpaired) electrons. The van der Waals surface area contributed by atoms with Gasteiger partial charge in [0.2, 0.25) is 0 Å². The van der Waals surface area contributed by atoms with Crippen molar-refractivity contribution in [3.8, 4) is 5.75 Å². The third kappa shape index (κ3) is 5.03. The van der Waals surface area contributed by atoms with E-state index in [-0.39, 0.29) is 24.2 Å². The molecule has 0 N–H and O–H groups in total. The van der Waals surface area contributed by atoms with E-state index in [1.54, 1.807) is 12.1 Å². The maximum Gasteiger partial charge on any atom is 0.260 e. The fourth-order valence-electron chi connectivity index (χ4n) is 3.86. The molecule has 3 aromatic rings. The van der Waals surface area contributed by atoms with Crippen LogP contribution in [0.1, 0.15) is 35.7 Å². The molecular weight excluding hydrogens is 379 g/mol. The van der Waals surface area contributed by atoms with Crippen LogP contribution in [0.5, 0.6) is 5.75 Å². The Labute approximate surface area is 176 Å². The number of nitrogens with zero attached hydrogens (tertiary/aromatic N) is 2. The number of piperidine rings is 1. The number of pyridine rings is 1. The van der Waals surface area contributed by atoms with Crippen LogP contribution in [0.3, 0.4) is 0 Å². The third-order valence-corrected chi connectivity index (χ3v) is 5.46. The summed E-state index contributed by atoms with van der Waals surface area (Å²) in [5.74, 6) is 0.658. The average molecular weight is 404 g/mol. The van der Waals surface area contributed by atoms with E-state index < -0.39 is 0 Å². The molecule has 4 rings (SSSR count). The molecule has 1 fully saturated rings. The number of benzene rings is 2. The minimum Gasteiger partial charge on any atom is -0.484 e.